The lowest BCUT2D eigenvalue weighted by Gasteiger charge is -2.58. The normalized spacial score (nSPS) is 41.5. The molecule has 0 radical (unpaired) electrons. The number of phosphoric ester groups is 1. The summed E-state index contributed by atoms with van der Waals surface area (Å²) in [6, 6.07) is 0. The van der Waals surface area contributed by atoms with Crippen LogP contribution in [0.3, 0.4) is 0 Å². The Kier molecular flexibility index (Phi) is 8.69. The molecule has 0 spiro atoms. The molecular weight excluding hydrogens is 455 g/mol. The van der Waals surface area contributed by atoms with Crippen LogP contribution in [0.25, 0.3) is 0 Å². The van der Waals surface area contributed by atoms with E-state index in [1.807, 2.05) is 6.92 Å². The predicted octanol–water partition coefficient (Wildman–Crippen LogP) is 8.94. The van der Waals surface area contributed by atoms with Gasteiger partial charge >= 0.3 is 7.82 Å². The largest absolute Gasteiger partial charge is 0.472 e. The second kappa shape index (κ2) is 10.9. The minimum Gasteiger partial charge on any atom is -0.302 e. The number of hydrogen-bond donors (Lipinski definition) is 1. The fraction of sp³-hybridized carbons (Fsp3) is 0.933. The van der Waals surface area contributed by atoms with E-state index in [0.717, 1.165) is 54.8 Å². The van der Waals surface area contributed by atoms with Gasteiger partial charge in [-0.25, -0.2) is 4.57 Å². The number of allylic oxidation sites excluding steroid dienone is 1. The van der Waals surface area contributed by atoms with Crippen LogP contribution in [0.2, 0.25) is 0 Å². The quantitative estimate of drug-likeness (QED) is 0.236. The van der Waals surface area contributed by atoms with Crippen LogP contribution in [0, 0.1) is 46.3 Å². The maximum atomic E-state index is 12.3. The molecule has 4 rings (SSSR count). The number of rotatable bonds is 10. The maximum absolute atomic E-state index is 12.3. The zero-order valence-electron chi connectivity index (χ0n) is 23.4. The smallest absolute Gasteiger partial charge is 0.302 e. The van der Waals surface area contributed by atoms with Crippen LogP contribution in [0.5, 0.6) is 0 Å². The molecule has 9 atom stereocenters. The predicted molar refractivity (Wildman–Crippen MR) is 144 cm³/mol. The highest BCUT2D eigenvalue weighted by Crippen LogP contribution is 2.67. The summed E-state index contributed by atoms with van der Waals surface area (Å²) in [4.78, 5) is 10.1. The first-order valence-corrected chi connectivity index (χ1v) is 16.3. The Labute approximate surface area is 215 Å². The van der Waals surface area contributed by atoms with E-state index in [1.165, 1.54) is 56.9 Å². The van der Waals surface area contributed by atoms with Crippen molar-refractivity contribution in [1.29, 1.82) is 0 Å². The molecule has 5 heteroatoms. The van der Waals surface area contributed by atoms with Crippen molar-refractivity contribution in [2.45, 2.75) is 125 Å². The van der Waals surface area contributed by atoms with Gasteiger partial charge < -0.3 is 4.89 Å². The van der Waals surface area contributed by atoms with E-state index in [-0.39, 0.29) is 18.1 Å². The number of fused-ring (bicyclic) bond motifs is 5. The van der Waals surface area contributed by atoms with Gasteiger partial charge in [0.15, 0.2) is 0 Å². The molecule has 0 aliphatic heterocycles. The molecule has 0 aromatic carbocycles. The van der Waals surface area contributed by atoms with E-state index >= 15 is 0 Å². The monoisotopic (exact) mass is 508 g/mol. The van der Waals surface area contributed by atoms with Gasteiger partial charge in [0, 0.05) is 0 Å². The van der Waals surface area contributed by atoms with Crippen molar-refractivity contribution in [3.05, 3.63) is 11.6 Å². The van der Waals surface area contributed by atoms with Crippen LogP contribution in [0.1, 0.15) is 119 Å². The molecule has 3 fully saturated rings. The summed E-state index contributed by atoms with van der Waals surface area (Å²) in [5.74, 6) is 5.00. The standard InChI is InChI=1S/C30H53O4P/c1-7-19-33-35(31,32)34-24-15-17-29(5)23(20-24)11-12-25-27-14-13-26(22(4)10-8-9-21(2)3)30(27,6)18-16-28(25)29/h11,21-22,24-28H,7-10,12-20H2,1-6H3,(H,31,32)/t22-,24?,25+,26-,27+,28+,29+,30-/m1/s1. The van der Waals surface area contributed by atoms with Crippen molar-refractivity contribution in [3.8, 4) is 0 Å². The Morgan fingerprint density at radius 3 is 2.57 bits per heavy atom. The minimum absolute atomic E-state index is 0.199. The Bertz CT molecular complexity index is 808. The molecule has 0 amide bonds. The zero-order valence-corrected chi connectivity index (χ0v) is 24.3. The van der Waals surface area contributed by atoms with Crippen LogP contribution in [0.4, 0.5) is 0 Å². The minimum atomic E-state index is -3.96. The van der Waals surface area contributed by atoms with Crippen molar-refractivity contribution in [2.75, 3.05) is 6.61 Å². The SMILES string of the molecule is CCCOP(=O)(O)OC1CC[C@@]2(C)C(=CC[C@H]3[C@@H]4CC[C@H]([C@H](C)CCCC(C)C)[C@@]4(C)CC[C@@H]32)C1. The summed E-state index contributed by atoms with van der Waals surface area (Å²) in [6.07, 6.45) is 16.7. The van der Waals surface area contributed by atoms with Crippen LogP contribution >= 0.6 is 7.82 Å². The molecule has 0 bridgehead atoms. The van der Waals surface area contributed by atoms with E-state index in [1.54, 1.807) is 0 Å². The second-order valence-corrected chi connectivity index (χ2v) is 15.0. The maximum Gasteiger partial charge on any atom is 0.472 e. The van der Waals surface area contributed by atoms with Gasteiger partial charge in [0.05, 0.1) is 12.7 Å². The summed E-state index contributed by atoms with van der Waals surface area (Å²) in [6.45, 7) is 14.6. The van der Waals surface area contributed by atoms with Gasteiger partial charge in [0.1, 0.15) is 0 Å². The molecule has 4 aliphatic rings. The molecule has 4 nitrogen and oxygen atoms in total. The zero-order chi connectivity index (χ0) is 25.4. The van der Waals surface area contributed by atoms with Gasteiger partial charge in [0.25, 0.3) is 0 Å². The first-order chi connectivity index (χ1) is 16.5. The Hall–Kier alpha value is -0.150. The lowest BCUT2D eigenvalue weighted by atomic mass is 9.47. The average Bonchev–Trinajstić information content (AvgIpc) is 3.15. The third kappa shape index (κ3) is 5.67. The van der Waals surface area contributed by atoms with Crippen LogP contribution in [0.15, 0.2) is 11.6 Å². The molecule has 0 aromatic heterocycles. The number of phosphoric acid groups is 1. The summed E-state index contributed by atoms with van der Waals surface area (Å²) in [5, 5.41) is 0. The van der Waals surface area contributed by atoms with Crippen molar-refractivity contribution in [1.82, 2.24) is 0 Å². The molecular formula is C30H53O4P. The molecule has 1 N–H and O–H groups in total. The highest BCUT2D eigenvalue weighted by molar-refractivity contribution is 7.47. The highest BCUT2D eigenvalue weighted by atomic mass is 31.2. The molecule has 0 aromatic rings. The van der Waals surface area contributed by atoms with E-state index in [2.05, 4.69) is 40.7 Å². The topological polar surface area (TPSA) is 55.8 Å². The third-order valence-corrected chi connectivity index (χ3v) is 12.1. The fourth-order valence-corrected chi connectivity index (χ4v) is 10.2. The third-order valence-electron chi connectivity index (χ3n) is 11.0. The van der Waals surface area contributed by atoms with E-state index < -0.39 is 7.82 Å². The summed E-state index contributed by atoms with van der Waals surface area (Å²) >= 11 is 0. The Balaban J connectivity index is 1.43. The first-order valence-electron chi connectivity index (χ1n) is 14.9. The van der Waals surface area contributed by atoms with Crippen molar-refractivity contribution in [3.63, 3.8) is 0 Å². The van der Waals surface area contributed by atoms with Crippen molar-refractivity contribution >= 4 is 7.82 Å². The van der Waals surface area contributed by atoms with Gasteiger partial charge in [0.2, 0.25) is 0 Å². The molecule has 3 saturated carbocycles. The Morgan fingerprint density at radius 1 is 1.09 bits per heavy atom. The highest BCUT2D eigenvalue weighted by Gasteiger charge is 2.59. The molecule has 4 aliphatic carbocycles. The molecule has 0 heterocycles. The van der Waals surface area contributed by atoms with E-state index in [9.17, 15) is 9.46 Å². The van der Waals surface area contributed by atoms with Gasteiger partial charge in [-0.05, 0) is 104 Å². The molecule has 202 valence electrons. The average molecular weight is 509 g/mol. The van der Waals surface area contributed by atoms with Crippen LogP contribution in [-0.2, 0) is 13.6 Å². The first kappa shape index (κ1) is 27.9. The summed E-state index contributed by atoms with van der Waals surface area (Å²) < 4.78 is 23.1. The lowest BCUT2D eigenvalue weighted by molar-refractivity contribution is -0.0573. The van der Waals surface area contributed by atoms with Crippen molar-refractivity contribution < 1.29 is 18.5 Å². The fourth-order valence-electron chi connectivity index (χ4n) is 9.17. The van der Waals surface area contributed by atoms with Gasteiger partial charge in [-0.3, -0.25) is 9.05 Å². The van der Waals surface area contributed by atoms with Crippen molar-refractivity contribution in [2.24, 2.45) is 46.3 Å². The lowest BCUT2D eigenvalue weighted by Crippen LogP contribution is -2.51. The van der Waals surface area contributed by atoms with Gasteiger partial charge in [-0.1, -0.05) is 72.5 Å². The van der Waals surface area contributed by atoms with E-state index in [4.69, 9.17) is 9.05 Å². The molecule has 2 unspecified atom stereocenters. The van der Waals surface area contributed by atoms with Crippen LogP contribution < -0.4 is 0 Å². The second-order valence-electron chi connectivity index (χ2n) is 13.6. The van der Waals surface area contributed by atoms with E-state index in [0.29, 0.717) is 11.8 Å². The summed E-state index contributed by atoms with van der Waals surface area (Å²) in [7, 11) is -3.96. The Morgan fingerprint density at radius 2 is 1.86 bits per heavy atom. The molecule has 35 heavy (non-hydrogen) atoms. The molecule has 0 saturated heterocycles. The summed E-state index contributed by atoms with van der Waals surface area (Å²) in [5.41, 5.74) is 2.24. The van der Waals surface area contributed by atoms with Crippen LogP contribution in [-0.4, -0.2) is 17.6 Å². The van der Waals surface area contributed by atoms with Gasteiger partial charge in [-0.15, -0.1) is 0 Å². The van der Waals surface area contributed by atoms with Gasteiger partial charge in [-0.2, -0.15) is 0 Å². The number of hydrogen-bond acceptors (Lipinski definition) is 3.